The van der Waals surface area contributed by atoms with Crippen molar-refractivity contribution in [1.82, 2.24) is 0 Å². The van der Waals surface area contributed by atoms with Gasteiger partial charge < -0.3 is 5.41 Å². The molecule has 0 aromatic heterocycles. The molecule has 2 rings (SSSR count). The second-order valence-corrected chi connectivity index (χ2v) is 8.48. The van der Waals surface area contributed by atoms with Crippen LogP contribution in [0, 0.1) is 22.6 Å². The van der Waals surface area contributed by atoms with Crippen LogP contribution in [0.2, 0.25) is 0 Å². The van der Waals surface area contributed by atoms with Crippen LogP contribution in [0.3, 0.4) is 0 Å². The van der Waals surface area contributed by atoms with Crippen molar-refractivity contribution in [3.05, 3.63) is 58.4 Å². The summed E-state index contributed by atoms with van der Waals surface area (Å²) in [6, 6.07) is 11.5. The number of hydrogen-bond donors (Lipinski definition) is 1. The Hall–Kier alpha value is -2.47. The summed E-state index contributed by atoms with van der Waals surface area (Å²) in [5, 5.41) is 16.6. The molecule has 0 heterocycles. The van der Waals surface area contributed by atoms with Gasteiger partial charge in [-0.25, -0.2) is 4.39 Å². The maximum absolute atomic E-state index is 14.1. The van der Waals surface area contributed by atoms with E-state index < -0.39 is 5.82 Å². The minimum absolute atomic E-state index is 0.0293. The van der Waals surface area contributed by atoms with Gasteiger partial charge in [0.15, 0.2) is 0 Å². The van der Waals surface area contributed by atoms with Gasteiger partial charge in [0.25, 0.3) is 0 Å². The Morgan fingerprint density at radius 2 is 1.36 bits per heavy atom. The van der Waals surface area contributed by atoms with E-state index in [4.69, 9.17) is 5.41 Å². The molecule has 130 valence electrons. The lowest BCUT2D eigenvalue weighted by Crippen LogP contribution is -2.16. The minimum Gasteiger partial charge on any atom is -0.308 e. The Bertz CT molecular complexity index is 827. The third-order valence-corrected chi connectivity index (χ3v) is 4.38. The second kappa shape index (κ2) is 6.44. The molecule has 0 aliphatic heterocycles. The van der Waals surface area contributed by atoms with Gasteiger partial charge in [-0.2, -0.15) is 5.26 Å². The highest BCUT2D eigenvalue weighted by Gasteiger charge is 2.21. The topological polar surface area (TPSA) is 47.6 Å². The predicted molar refractivity (Wildman–Crippen MR) is 102 cm³/mol. The number of nitrogens with one attached hydrogen (secondary N) is 1. The van der Waals surface area contributed by atoms with E-state index in [-0.39, 0.29) is 22.0 Å². The van der Waals surface area contributed by atoms with E-state index in [1.807, 2.05) is 6.07 Å². The van der Waals surface area contributed by atoms with E-state index in [1.54, 1.807) is 12.1 Å². The van der Waals surface area contributed by atoms with Gasteiger partial charge in [0, 0.05) is 11.8 Å². The normalized spacial score (nSPS) is 11.9. The number of rotatable bonds is 2. The van der Waals surface area contributed by atoms with Crippen LogP contribution in [0.4, 0.5) is 4.39 Å². The number of nitrogens with zero attached hydrogens (tertiary/aromatic N) is 1. The fourth-order valence-electron chi connectivity index (χ4n) is 2.66. The Labute approximate surface area is 149 Å². The molecule has 0 fully saturated rings. The van der Waals surface area contributed by atoms with Crippen LogP contribution in [0.1, 0.15) is 63.8 Å². The van der Waals surface area contributed by atoms with Crippen molar-refractivity contribution in [2.45, 2.75) is 52.4 Å². The van der Waals surface area contributed by atoms with Gasteiger partial charge in [0.05, 0.1) is 5.56 Å². The summed E-state index contributed by atoms with van der Waals surface area (Å²) in [4.78, 5) is 0. The van der Waals surface area contributed by atoms with Crippen LogP contribution >= 0.6 is 0 Å². The average Bonchev–Trinajstić information content (AvgIpc) is 2.53. The van der Waals surface area contributed by atoms with Crippen molar-refractivity contribution in [3.63, 3.8) is 0 Å². The molecule has 0 atom stereocenters. The highest BCUT2D eigenvalue weighted by atomic mass is 19.1. The number of benzene rings is 2. The number of nitriles is 1. The first kappa shape index (κ1) is 18.9. The van der Waals surface area contributed by atoms with E-state index in [9.17, 15) is 9.65 Å². The van der Waals surface area contributed by atoms with Gasteiger partial charge in [-0.1, -0.05) is 59.7 Å². The fourth-order valence-corrected chi connectivity index (χ4v) is 2.66. The summed E-state index contributed by atoms with van der Waals surface area (Å²) >= 11 is 0. The Morgan fingerprint density at radius 1 is 0.880 bits per heavy atom. The van der Waals surface area contributed by atoms with E-state index in [0.717, 1.165) is 17.3 Å². The zero-order chi connectivity index (χ0) is 19.0. The van der Waals surface area contributed by atoms with E-state index in [1.165, 1.54) is 11.1 Å². The molecule has 0 bridgehead atoms. The molecule has 1 N–H and O–H groups in total. The second-order valence-electron chi connectivity index (χ2n) is 8.48. The van der Waals surface area contributed by atoms with E-state index >= 15 is 0 Å². The summed E-state index contributed by atoms with van der Waals surface area (Å²) in [6.07, 6.45) is 0.956. The summed E-state index contributed by atoms with van der Waals surface area (Å²) < 4.78 is 14.1. The number of hydrogen-bond acceptors (Lipinski definition) is 2. The summed E-state index contributed by atoms with van der Waals surface area (Å²) in [6.45, 7) is 13.0. The molecule has 25 heavy (non-hydrogen) atoms. The lowest BCUT2D eigenvalue weighted by molar-refractivity contribution is 0.569. The van der Waals surface area contributed by atoms with Crippen LogP contribution in [0.15, 0.2) is 30.3 Å². The van der Waals surface area contributed by atoms with Crippen molar-refractivity contribution >= 4 is 6.21 Å². The van der Waals surface area contributed by atoms with Crippen LogP contribution in [-0.2, 0) is 10.8 Å². The van der Waals surface area contributed by atoms with Gasteiger partial charge in [-0.05, 0) is 45.2 Å². The molecule has 0 aliphatic carbocycles. The van der Waals surface area contributed by atoms with Gasteiger partial charge in [-0.3, -0.25) is 0 Å². The molecular weight excluding hydrogens is 311 g/mol. The Kier molecular flexibility index (Phi) is 4.86. The molecule has 2 aromatic rings. The van der Waals surface area contributed by atoms with Crippen molar-refractivity contribution < 1.29 is 4.39 Å². The van der Waals surface area contributed by atoms with Crippen LogP contribution in [-0.4, -0.2) is 6.21 Å². The fraction of sp³-hybridized carbons (Fsp3) is 0.364. The smallest absolute Gasteiger partial charge is 0.149 e. The largest absolute Gasteiger partial charge is 0.308 e. The summed E-state index contributed by atoms with van der Waals surface area (Å²) in [5.41, 5.74) is 4.12. The summed E-state index contributed by atoms with van der Waals surface area (Å²) in [5.74, 6) is -0.635. The SMILES string of the molecule is CC(C)(C)c1cc(-c2cc(C#N)c(F)c(C=N)c2)cc(C(C)(C)C)c1. The first-order valence-electron chi connectivity index (χ1n) is 8.38. The average molecular weight is 336 g/mol. The highest BCUT2D eigenvalue weighted by molar-refractivity contribution is 5.82. The molecule has 2 aromatic carbocycles. The van der Waals surface area contributed by atoms with Crippen LogP contribution < -0.4 is 0 Å². The molecule has 3 heteroatoms. The van der Waals surface area contributed by atoms with Gasteiger partial charge >= 0.3 is 0 Å². The molecule has 0 amide bonds. The zero-order valence-electron chi connectivity index (χ0n) is 15.8. The molecule has 0 unspecified atom stereocenters. The van der Waals surface area contributed by atoms with E-state index in [0.29, 0.717) is 0 Å². The first-order valence-corrected chi connectivity index (χ1v) is 8.38. The lowest BCUT2D eigenvalue weighted by Gasteiger charge is -2.26. The zero-order valence-corrected chi connectivity index (χ0v) is 15.8. The van der Waals surface area contributed by atoms with Gasteiger partial charge in [0.2, 0.25) is 0 Å². The molecule has 0 aliphatic rings. The molecule has 0 radical (unpaired) electrons. The highest BCUT2D eigenvalue weighted by Crippen LogP contribution is 2.34. The lowest BCUT2D eigenvalue weighted by atomic mass is 9.79. The summed E-state index contributed by atoms with van der Waals surface area (Å²) in [7, 11) is 0. The van der Waals surface area contributed by atoms with Crippen LogP contribution in [0.25, 0.3) is 11.1 Å². The minimum atomic E-state index is -0.635. The van der Waals surface area contributed by atoms with Crippen molar-refractivity contribution in [2.24, 2.45) is 0 Å². The standard InChI is InChI=1S/C22H25FN2/c1-21(2,3)18-9-15(10-19(11-18)22(4,5)6)14-7-16(12-24)20(23)17(8-14)13-25/h7-12,24H,1-6H3. The Morgan fingerprint density at radius 3 is 1.76 bits per heavy atom. The van der Waals surface area contributed by atoms with Crippen molar-refractivity contribution in [1.29, 1.82) is 10.7 Å². The monoisotopic (exact) mass is 336 g/mol. The third kappa shape index (κ3) is 3.96. The maximum Gasteiger partial charge on any atom is 0.149 e. The molecule has 2 nitrogen and oxygen atoms in total. The quantitative estimate of drug-likeness (QED) is 0.676. The van der Waals surface area contributed by atoms with E-state index in [2.05, 4.69) is 59.7 Å². The molecular formula is C22H25FN2. The number of halogens is 1. The molecule has 0 saturated heterocycles. The van der Waals surface area contributed by atoms with Gasteiger partial charge in [0.1, 0.15) is 11.9 Å². The van der Waals surface area contributed by atoms with Gasteiger partial charge in [-0.15, -0.1) is 0 Å². The maximum atomic E-state index is 14.1. The Balaban J connectivity index is 2.79. The first-order chi connectivity index (χ1) is 11.5. The molecule has 0 saturated carbocycles. The van der Waals surface area contributed by atoms with Crippen molar-refractivity contribution in [2.75, 3.05) is 0 Å². The predicted octanol–water partition coefficient (Wildman–Crippen LogP) is 5.96. The molecule has 0 spiro atoms. The third-order valence-electron chi connectivity index (χ3n) is 4.38. The van der Waals surface area contributed by atoms with Crippen molar-refractivity contribution in [3.8, 4) is 17.2 Å². The van der Waals surface area contributed by atoms with Crippen LogP contribution in [0.5, 0.6) is 0 Å².